The number of para-hydroxylation sites is 1. The van der Waals surface area contributed by atoms with Crippen molar-refractivity contribution in [1.82, 2.24) is 9.80 Å². The van der Waals surface area contributed by atoms with E-state index in [-0.39, 0.29) is 0 Å². The summed E-state index contributed by atoms with van der Waals surface area (Å²) in [4.78, 5) is 6.59. The lowest BCUT2D eigenvalue weighted by molar-refractivity contribution is 0.305. The van der Waals surface area contributed by atoms with Gasteiger partial charge in [0, 0.05) is 25.8 Å². The minimum Gasteiger partial charge on any atom is -0.363 e. The van der Waals surface area contributed by atoms with Crippen LogP contribution in [0.1, 0.15) is 0 Å². The van der Waals surface area contributed by atoms with E-state index in [1.165, 1.54) is 5.69 Å². The fraction of sp³-hybridized carbons (Fsp3) is 0.500. The number of hydrogen-bond donors (Lipinski definition) is 0. The number of rotatable bonds is 6. The van der Waals surface area contributed by atoms with Gasteiger partial charge in [-0.05, 0) is 33.3 Å². The van der Waals surface area contributed by atoms with Crippen LogP contribution in [0.15, 0.2) is 30.3 Å². The molecule has 0 aromatic heterocycles. The standard InChI is InChI=1S/C16H25N3/c1-17(2)14-15-18(3)12-8-9-13-19(4)16-10-6-5-7-11-16/h5-7,10-11H,12-15H2,1-4H3. The summed E-state index contributed by atoms with van der Waals surface area (Å²) in [5.74, 6) is 6.45. The topological polar surface area (TPSA) is 9.72 Å². The van der Waals surface area contributed by atoms with Gasteiger partial charge in [-0.1, -0.05) is 30.0 Å². The van der Waals surface area contributed by atoms with Gasteiger partial charge >= 0.3 is 0 Å². The van der Waals surface area contributed by atoms with Crippen LogP contribution in [0.5, 0.6) is 0 Å². The van der Waals surface area contributed by atoms with Gasteiger partial charge < -0.3 is 9.80 Å². The van der Waals surface area contributed by atoms with Crippen LogP contribution < -0.4 is 4.90 Å². The maximum Gasteiger partial charge on any atom is 0.0791 e. The van der Waals surface area contributed by atoms with Gasteiger partial charge in [-0.25, -0.2) is 0 Å². The van der Waals surface area contributed by atoms with Gasteiger partial charge in [-0.3, -0.25) is 4.90 Å². The fourth-order valence-corrected chi connectivity index (χ4v) is 1.59. The molecule has 0 aliphatic carbocycles. The lowest BCUT2D eigenvalue weighted by Gasteiger charge is -2.17. The number of anilines is 1. The highest BCUT2D eigenvalue weighted by Gasteiger charge is 1.97. The highest BCUT2D eigenvalue weighted by molar-refractivity contribution is 5.46. The van der Waals surface area contributed by atoms with Crippen molar-refractivity contribution in [3.05, 3.63) is 30.3 Å². The first kappa shape index (κ1) is 15.6. The Morgan fingerprint density at radius 2 is 1.47 bits per heavy atom. The van der Waals surface area contributed by atoms with Gasteiger partial charge in [-0.15, -0.1) is 0 Å². The Morgan fingerprint density at radius 3 is 2.11 bits per heavy atom. The molecule has 0 amide bonds. The molecule has 1 rings (SSSR count). The van der Waals surface area contributed by atoms with Crippen LogP contribution in [0, 0.1) is 11.8 Å². The Morgan fingerprint density at radius 1 is 0.842 bits per heavy atom. The minimum atomic E-state index is 0.769. The second-order valence-electron chi connectivity index (χ2n) is 5.09. The average Bonchev–Trinajstić information content (AvgIpc) is 2.42. The summed E-state index contributed by atoms with van der Waals surface area (Å²) >= 11 is 0. The highest BCUT2D eigenvalue weighted by atomic mass is 15.1. The van der Waals surface area contributed by atoms with Crippen LogP contribution >= 0.6 is 0 Å². The largest absolute Gasteiger partial charge is 0.363 e. The number of likely N-dealkylation sites (N-methyl/N-ethyl adjacent to an activating group) is 2. The minimum absolute atomic E-state index is 0.769. The molecule has 3 nitrogen and oxygen atoms in total. The third-order valence-corrected chi connectivity index (χ3v) is 2.92. The molecule has 0 atom stereocenters. The van der Waals surface area contributed by atoms with Crippen molar-refractivity contribution in [1.29, 1.82) is 0 Å². The van der Waals surface area contributed by atoms with Crippen LogP contribution in [-0.4, -0.2) is 64.2 Å². The summed E-state index contributed by atoms with van der Waals surface area (Å²) in [5, 5.41) is 0. The zero-order valence-electron chi connectivity index (χ0n) is 12.6. The molecule has 0 N–H and O–H groups in total. The predicted molar refractivity (Wildman–Crippen MR) is 83.5 cm³/mol. The molecule has 3 heteroatoms. The van der Waals surface area contributed by atoms with E-state index in [0.717, 1.165) is 26.2 Å². The number of benzene rings is 1. The molecule has 1 aromatic carbocycles. The van der Waals surface area contributed by atoms with Crippen LogP contribution in [-0.2, 0) is 0 Å². The molecule has 0 saturated carbocycles. The Hall–Kier alpha value is -1.50. The average molecular weight is 259 g/mol. The summed E-state index contributed by atoms with van der Waals surface area (Å²) in [6.45, 7) is 3.72. The molecule has 0 radical (unpaired) electrons. The summed E-state index contributed by atoms with van der Waals surface area (Å²) in [5.41, 5.74) is 1.21. The zero-order chi connectivity index (χ0) is 14.1. The van der Waals surface area contributed by atoms with E-state index in [4.69, 9.17) is 0 Å². The molecule has 0 aliphatic heterocycles. The Bertz CT molecular complexity index is 403. The van der Waals surface area contributed by atoms with Gasteiger partial charge in [-0.2, -0.15) is 0 Å². The number of nitrogens with zero attached hydrogens (tertiary/aromatic N) is 3. The smallest absolute Gasteiger partial charge is 0.0791 e. The molecule has 104 valence electrons. The second kappa shape index (κ2) is 8.58. The molecular formula is C16H25N3. The SMILES string of the molecule is CN(C)CCN(C)CC#CCN(C)c1ccccc1. The maximum absolute atomic E-state index is 3.23. The van der Waals surface area contributed by atoms with E-state index in [2.05, 4.69) is 66.9 Å². The molecule has 19 heavy (non-hydrogen) atoms. The quantitative estimate of drug-likeness (QED) is 0.719. The van der Waals surface area contributed by atoms with E-state index in [0.29, 0.717) is 0 Å². The van der Waals surface area contributed by atoms with Gasteiger partial charge in [0.15, 0.2) is 0 Å². The van der Waals surface area contributed by atoms with Gasteiger partial charge in [0.2, 0.25) is 0 Å². The zero-order valence-corrected chi connectivity index (χ0v) is 12.6. The summed E-state index contributed by atoms with van der Waals surface area (Å²) in [6, 6.07) is 10.3. The van der Waals surface area contributed by atoms with Crippen LogP contribution in [0.25, 0.3) is 0 Å². The van der Waals surface area contributed by atoms with Gasteiger partial charge in [0.25, 0.3) is 0 Å². The Kier molecular flexibility index (Phi) is 7.02. The molecule has 0 saturated heterocycles. The first-order valence-corrected chi connectivity index (χ1v) is 6.65. The van der Waals surface area contributed by atoms with Crippen LogP contribution in [0.2, 0.25) is 0 Å². The van der Waals surface area contributed by atoms with Crippen molar-refractivity contribution in [3.63, 3.8) is 0 Å². The van der Waals surface area contributed by atoms with E-state index in [1.807, 2.05) is 18.2 Å². The molecule has 0 bridgehead atoms. The molecular weight excluding hydrogens is 234 g/mol. The Labute approximate surface area is 117 Å². The third kappa shape index (κ3) is 6.85. The normalized spacial score (nSPS) is 10.4. The van der Waals surface area contributed by atoms with Crippen molar-refractivity contribution in [2.45, 2.75) is 0 Å². The van der Waals surface area contributed by atoms with Crippen LogP contribution in [0.3, 0.4) is 0 Å². The lowest BCUT2D eigenvalue weighted by Crippen LogP contribution is -2.29. The Balaban J connectivity index is 2.27. The van der Waals surface area contributed by atoms with Gasteiger partial charge in [0.05, 0.1) is 13.1 Å². The van der Waals surface area contributed by atoms with Crippen molar-refractivity contribution in [2.75, 3.05) is 59.3 Å². The lowest BCUT2D eigenvalue weighted by atomic mass is 10.3. The van der Waals surface area contributed by atoms with E-state index >= 15 is 0 Å². The molecule has 0 aliphatic rings. The van der Waals surface area contributed by atoms with Crippen molar-refractivity contribution < 1.29 is 0 Å². The summed E-state index contributed by atoms with van der Waals surface area (Å²) in [6.07, 6.45) is 0. The van der Waals surface area contributed by atoms with E-state index < -0.39 is 0 Å². The summed E-state index contributed by atoms with van der Waals surface area (Å²) in [7, 11) is 8.36. The fourth-order valence-electron chi connectivity index (χ4n) is 1.59. The maximum atomic E-state index is 3.23. The molecule has 0 spiro atoms. The monoisotopic (exact) mass is 259 g/mol. The summed E-state index contributed by atoms with van der Waals surface area (Å²) < 4.78 is 0. The van der Waals surface area contributed by atoms with E-state index in [1.54, 1.807) is 0 Å². The predicted octanol–water partition coefficient (Wildman–Crippen LogP) is 1.62. The molecule has 1 aromatic rings. The first-order chi connectivity index (χ1) is 9.09. The second-order valence-corrected chi connectivity index (χ2v) is 5.09. The molecule has 0 fully saturated rings. The third-order valence-electron chi connectivity index (χ3n) is 2.92. The molecule has 0 heterocycles. The van der Waals surface area contributed by atoms with E-state index in [9.17, 15) is 0 Å². The highest BCUT2D eigenvalue weighted by Crippen LogP contribution is 2.09. The van der Waals surface area contributed by atoms with Crippen LogP contribution in [0.4, 0.5) is 5.69 Å². The van der Waals surface area contributed by atoms with Crippen molar-refractivity contribution in [3.8, 4) is 11.8 Å². The van der Waals surface area contributed by atoms with Crippen molar-refractivity contribution in [2.24, 2.45) is 0 Å². The van der Waals surface area contributed by atoms with Crippen molar-refractivity contribution >= 4 is 5.69 Å². The van der Waals surface area contributed by atoms with Gasteiger partial charge in [0.1, 0.15) is 0 Å². The molecule has 0 unspecified atom stereocenters. The first-order valence-electron chi connectivity index (χ1n) is 6.65. The number of hydrogen-bond acceptors (Lipinski definition) is 3.